The van der Waals surface area contributed by atoms with Crippen LogP contribution in [-0.4, -0.2) is 43.7 Å². The highest BCUT2D eigenvalue weighted by Crippen LogP contribution is 2.17. The maximum absolute atomic E-state index is 5.61. The van der Waals surface area contributed by atoms with Crippen LogP contribution in [0.4, 0.5) is 0 Å². The van der Waals surface area contributed by atoms with Crippen LogP contribution in [0.15, 0.2) is 58.1 Å². The zero-order chi connectivity index (χ0) is 18.0. The maximum atomic E-state index is 5.61. The molecule has 0 saturated carbocycles. The lowest BCUT2D eigenvalue weighted by molar-refractivity contribution is 0.114. The Bertz CT molecular complexity index is 655. The summed E-state index contributed by atoms with van der Waals surface area (Å²) in [7, 11) is 0. The molecule has 3 rings (SSSR count). The molecule has 0 amide bonds. The number of aliphatic imine (C=N–C) groups is 1. The summed E-state index contributed by atoms with van der Waals surface area (Å²) < 4.78 is 11.0. The first kappa shape index (κ1) is 18.5. The van der Waals surface area contributed by atoms with Crippen molar-refractivity contribution in [3.05, 3.63) is 60.1 Å². The van der Waals surface area contributed by atoms with Gasteiger partial charge in [0.2, 0.25) is 0 Å². The Morgan fingerprint density at radius 1 is 1.27 bits per heavy atom. The molecule has 5 heteroatoms. The standard InChI is InChI=1S/C21H29N3O2/c1-2-25-17-19-11-13-24(16-19)21(22-12-10-20-9-6-14-26-20)23-15-18-7-4-3-5-8-18/h3-9,14,19H,2,10-13,15-17H2,1H3,(H,22,23). The van der Waals surface area contributed by atoms with Gasteiger partial charge in [-0.25, -0.2) is 4.99 Å². The number of rotatable bonds is 8. The fourth-order valence-electron chi connectivity index (χ4n) is 3.22. The monoisotopic (exact) mass is 355 g/mol. The Balaban J connectivity index is 1.59. The van der Waals surface area contributed by atoms with Crippen molar-refractivity contribution < 1.29 is 9.15 Å². The predicted molar refractivity (Wildman–Crippen MR) is 104 cm³/mol. The van der Waals surface area contributed by atoms with Crippen LogP contribution >= 0.6 is 0 Å². The first-order chi connectivity index (χ1) is 12.8. The Morgan fingerprint density at radius 3 is 2.92 bits per heavy atom. The number of likely N-dealkylation sites (tertiary alicyclic amines) is 1. The SMILES string of the molecule is CCOCC1CCN(C(=NCc2ccccc2)NCCc2ccco2)C1. The number of furan rings is 1. The molecule has 1 N–H and O–H groups in total. The lowest BCUT2D eigenvalue weighted by Crippen LogP contribution is -2.41. The number of hydrogen-bond acceptors (Lipinski definition) is 3. The molecule has 1 fully saturated rings. The first-order valence-electron chi connectivity index (χ1n) is 9.52. The molecule has 2 aromatic rings. The van der Waals surface area contributed by atoms with Gasteiger partial charge in [-0.05, 0) is 31.0 Å². The van der Waals surface area contributed by atoms with E-state index in [4.69, 9.17) is 14.1 Å². The molecule has 0 radical (unpaired) electrons. The zero-order valence-corrected chi connectivity index (χ0v) is 15.6. The molecule has 1 aliphatic rings. The third-order valence-corrected chi connectivity index (χ3v) is 4.63. The smallest absolute Gasteiger partial charge is 0.194 e. The van der Waals surface area contributed by atoms with Gasteiger partial charge in [-0.1, -0.05) is 30.3 Å². The maximum Gasteiger partial charge on any atom is 0.194 e. The van der Waals surface area contributed by atoms with Gasteiger partial charge in [0.15, 0.2) is 5.96 Å². The molecule has 1 saturated heterocycles. The van der Waals surface area contributed by atoms with E-state index in [-0.39, 0.29) is 0 Å². The van der Waals surface area contributed by atoms with E-state index in [1.54, 1.807) is 6.26 Å². The predicted octanol–water partition coefficient (Wildman–Crippen LogP) is 3.33. The summed E-state index contributed by atoms with van der Waals surface area (Å²) in [6.45, 7) is 7.21. The van der Waals surface area contributed by atoms with Gasteiger partial charge in [0, 0.05) is 38.6 Å². The molecule has 140 valence electrons. The number of nitrogens with zero attached hydrogens (tertiary/aromatic N) is 2. The van der Waals surface area contributed by atoms with Gasteiger partial charge in [-0.3, -0.25) is 0 Å². The van der Waals surface area contributed by atoms with Crippen LogP contribution in [0.25, 0.3) is 0 Å². The van der Waals surface area contributed by atoms with Crippen LogP contribution in [0.1, 0.15) is 24.7 Å². The van der Waals surface area contributed by atoms with E-state index in [1.807, 2.05) is 18.2 Å². The van der Waals surface area contributed by atoms with Gasteiger partial charge in [0.25, 0.3) is 0 Å². The van der Waals surface area contributed by atoms with E-state index in [0.717, 1.165) is 57.4 Å². The Kier molecular flexibility index (Phi) is 7.14. The van der Waals surface area contributed by atoms with Crippen LogP contribution in [0.3, 0.4) is 0 Å². The number of benzene rings is 1. The topological polar surface area (TPSA) is 50.0 Å². The summed E-state index contributed by atoms with van der Waals surface area (Å²) in [4.78, 5) is 7.23. The molecule has 1 aromatic heterocycles. The summed E-state index contributed by atoms with van der Waals surface area (Å²) in [5.41, 5.74) is 1.22. The quantitative estimate of drug-likeness (QED) is 0.583. The molecule has 0 spiro atoms. The summed E-state index contributed by atoms with van der Waals surface area (Å²) in [5, 5.41) is 3.52. The van der Waals surface area contributed by atoms with Gasteiger partial charge < -0.3 is 19.4 Å². The van der Waals surface area contributed by atoms with Crippen molar-refractivity contribution in [2.75, 3.05) is 32.8 Å². The van der Waals surface area contributed by atoms with E-state index in [1.165, 1.54) is 5.56 Å². The van der Waals surface area contributed by atoms with Crippen LogP contribution in [0, 0.1) is 5.92 Å². The number of ether oxygens (including phenoxy) is 1. The summed E-state index contributed by atoms with van der Waals surface area (Å²) in [5.74, 6) is 2.57. The van der Waals surface area contributed by atoms with Crippen molar-refractivity contribution in [2.45, 2.75) is 26.3 Å². The molecule has 5 nitrogen and oxygen atoms in total. The van der Waals surface area contributed by atoms with Crippen molar-refractivity contribution in [1.82, 2.24) is 10.2 Å². The average Bonchev–Trinajstić information content (AvgIpc) is 3.35. The zero-order valence-electron chi connectivity index (χ0n) is 15.6. The molecular formula is C21H29N3O2. The largest absolute Gasteiger partial charge is 0.469 e. The van der Waals surface area contributed by atoms with Gasteiger partial charge >= 0.3 is 0 Å². The van der Waals surface area contributed by atoms with E-state index in [9.17, 15) is 0 Å². The van der Waals surface area contributed by atoms with Crippen LogP contribution in [-0.2, 0) is 17.7 Å². The second-order valence-corrected chi connectivity index (χ2v) is 6.64. The van der Waals surface area contributed by atoms with E-state index >= 15 is 0 Å². The van der Waals surface area contributed by atoms with Crippen LogP contribution in [0.2, 0.25) is 0 Å². The summed E-state index contributed by atoms with van der Waals surface area (Å²) in [6, 6.07) is 14.3. The minimum atomic E-state index is 0.587. The number of guanidine groups is 1. The molecule has 0 aliphatic carbocycles. The third-order valence-electron chi connectivity index (χ3n) is 4.63. The van der Waals surface area contributed by atoms with Crippen molar-refractivity contribution in [3.8, 4) is 0 Å². The minimum absolute atomic E-state index is 0.587. The Morgan fingerprint density at radius 2 is 2.15 bits per heavy atom. The molecule has 2 heterocycles. The molecule has 1 unspecified atom stereocenters. The van der Waals surface area contributed by atoms with E-state index in [2.05, 4.69) is 41.4 Å². The van der Waals surface area contributed by atoms with Gasteiger partial charge in [0.05, 0.1) is 19.4 Å². The lowest BCUT2D eigenvalue weighted by Gasteiger charge is -2.22. The highest BCUT2D eigenvalue weighted by molar-refractivity contribution is 5.80. The van der Waals surface area contributed by atoms with Crippen molar-refractivity contribution in [2.24, 2.45) is 10.9 Å². The van der Waals surface area contributed by atoms with Crippen LogP contribution < -0.4 is 5.32 Å². The summed E-state index contributed by atoms with van der Waals surface area (Å²) >= 11 is 0. The van der Waals surface area contributed by atoms with E-state index in [0.29, 0.717) is 12.5 Å². The van der Waals surface area contributed by atoms with Crippen LogP contribution in [0.5, 0.6) is 0 Å². The van der Waals surface area contributed by atoms with Crippen molar-refractivity contribution in [1.29, 1.82) is 0 Å². The highest BCUT2D eigenvalue weighted by atomic mass is 16.5. The third kappa shape index (κ3) is 5.63. The van der Waals surface area contributed by atoms with Gasteiger partial charge in [-0.2, -0.15) is 0 Å². The second kappa shape index (κ2) is 10.0. The highest BCUT2D eigenvalue weighted by Gasteiger charge is 2.25. The Labute approximate surface area is 156 Å². The number of nitrogens with one attached hydrogen (secondary N) is 1. The van der Waals surface area contributed by atoms with Gasteiger partial charge in [0.1, 0.15) is 5.76 Å². The van der Waals surface area contributed by atoms with Crippen molar-refractivity contribution >= 4 is 5.96 Å². The normalized spacial score (nSPS) is 17.7. The van der Waals surface area contributed by atoms with Crippen molar-refractivity contribution in [3.63, 3.8) is 0 Å². The Hall–Kier alpha value is -2.27. The molecule has 26 heavy (non-hydrogen) atoms. The summed E-state index contributed by atoms with van der Waals surface area (Å²) in [6.07, 6.45) is 3.73. The van der Waals surface area contributed by atoms with Gasteiger partial charge in [-0.15, -0.1) is 0 Å². The molecule has 1 aromatic carbocycles. The van der Waals surface area contributed by atoms with E-state index < -0.39 is 0 Å². The average molecular weight is 355 g/mol. The minimum Gasteiger partial charge on any atom is -0.469 e. The first-order valence-corrected chi connectivity index (χ1v) is 9.52. The molecule has 1 aliphatic heterocycles. The fraction of sp³-hybridized carbons (Fsp3) is 0.476. The fourth-order valence-corrected chi connectivity index (χ4v) is 3.22. The molecule has 0 bridgehead atoms. The number of hydrogen-bond donors (Lipinski definition) is 1. The molecule has 1 atom stereocenters. The second-order valence-electron chi connectivity index (χ2n) is 6.64. The lowest BCUT2D eigenvalue weighted by atomic mass is 10.1. The molecular weight excluding hydrogens is 326 g/mol.